The van der Waals surface area contributed by atoms with Crippen LogP contribution < -0.4 is 5.56 Å². The van der Waals surface area contributed by atoms with Gasteiger partial charge in [-0.2, -0.15) is 0 Å². The van der Waals surface area contributed by atoms with Crippen LogP contribution in [0.25, 0.3) is 11.0 Å². The van der Waals surface area contributed by atoms with Gasteiger partial charge in [0.2, 0.25) is 5.78 Å². The summed E-state index contributed by atoms with van der Waals surface area (Å²) in [4.78, 5) is 42.1. The Balaban J connectivity index is 1.50. The number of aromatic nitrogens is 3. The Kier molecular flexibility index (Phi) is 6.45. The van der Waals surface area contributed by atoms with E-state index >= 15 is 0 Å². The lowest BCUT2D eigenvalue weighted by atomic mass is 10.1. The van der Waals surface area contributed by atoms with Gasteiger partial charge in [-0.15, -0.1) is 0 Å². The van der Waals surface area contributed by atoms with Gasteiger partial charge in [-0.25, -0.2) is 9.78 Å². The standard InChI is InChI=1S/C27H27N3O4/c1-5-29-24-12-11-21(14-23(24)28-18(3)26(29)32)27(33)34-16-25(31)22-13-17(2)30(19(22)4)15-20-9-7-6-8-10-20/h6-14H,5,15-16H2,1-4H3. The third-order valence-corrected chi connectivity index (χ3v) is 6.05. The zero-order valence-corrected chi connectivity index (χ0v) is 19.8. The molecule has 2 aromatic carbocycles. The summed E-state index contributed by atoms with van der Waals surface area (Å²) in [7, 11) is 0. The summed E-state index contributed by atoms with van der Waals surface area (Å²) < 4.78 is 9.02. The number of benzene rings is 2. The minimum absolute atomic E-state index is 0.152. The summed E-state index contributed by atoms with van der Waals surface area (Å²) in [5, 5.41) is 0. The highest BCUT2D eigenvalue weighted by Gasteiger charge is 2.19. The molecule has 0 amide bonds. The lowest BCUT2D eigenvalue weighted by molar-refractivity contribution is 0.0474. The molecular formula is C27H27N3O4. The summed E-state index contributed by atoms with van der Waals surface area (Å²) in [5.41, 5.74) is 5.16. The lowest BCUT2D eigenvalue weighted by Gasteiger charge is -2.11. The molecule has 2 heterocycles. The highest BCUT2D eigenvalue weighted by molar-refractivity contribution is 6.01. The number of carbonyl (C=O) groups excluding carboxylic acids is 2. The van der Waals surface area contributed by atoms with Crippen LogP contribution >= 0.6 is 0 Å². The number of fused-ring (bicyclic) bond motifs is 1. The number of carbonyl (C=O) groups is 2. The molecule has 2 aromatic heterocycles. The molecule has 0 saturated heterocycles. The first kappa shape index (κ1) is 23.2. The largest absolute Gasteiger partial charge is 0.454 e. The first-order valence-electron chi connectivity index (χ1n) is 11.2. The normalized spacial score (nSPS) is 11.1. The quantitative estimate of drug-likeness (QED) is 0.306. The van der Waals surface area contributed by atoms with E-state index in [0.717, 1.165) is 17.0 Å². The number of ether oxygens (including phenoxy) is 1. The molecule has 4 aromatic rings. The molecular weight excluding hydrogens is 430 g/mol. The van der Waals surface area contributed by atoms with E-state index in [2.05, 4.69) is 9.55 Å². The van der Waals surface area contributed by atoms with Crippen LogP contribution in [0.5, 0.6) is 0 Å². The van der Waals surface area contributed by atoms with Gasteiger partial charge < -0.3 is 13.9 Å². The van der Waals surface area contributed by atoms with Crippen LogP contribution in [0.15, 0.2) is 59.4 Å². The first-order chi connectivity index (χ1) is 16.3. The average molecular weight is 458 g/mol. The predicted molar refractivity (Wildman–Crippen MR) is 130 cm³/mol. The lowest BCUT2D eigenvalue weighted by Crippen LogP contribution is -2.23. The van der Waals surface area contributed by atoms with Crippen LogP contribution in [0.3, 0.4) is 0 Å². The highest BCUT2D eigenvalue weighted by Crippen LogP contribution is 2.19. The molecule has 0 atom stereocenters. The molecule has 0 aliphatic rings. The van der Waals surface area contributed by atoms with Crippen LogP contribution in [-0.2, 0) is 17.8 Å². The van der Waals surface area contributed by atoms with Crippen molar-refractivity contribution in [2.24, 2.45) is 0 Å². The Labute approximate surface area is 197 Å². The average Bonchev–Trinajstić information content (AvgIpc) is 3.12. The van der Waals surface area contributed by atoms with E-state index in [-0.39, 0.29) is 23.5 Å². The van der Waals surface area contributed by atoms with E-state index in [1.165, 1.54) is 0 Å². The van der Waals surface area contributed by atoms with Gasteiger partial charge in [-0.1, -0.05) is 30.3 Å². The van der Waals surface area contributed by atoms with Gasteiger partial charge in [0.1, 0.15) is 5.69 Å². The maximum absolute atomic E-state index is 12.9. The Morgan fingerprint density at radius 2 is 1.71 bits per heavy atom. The third kappa shape index (κ3) is 4.41. The second kappa shape index (κ2) is 9.47. The van der Waals surface area contributed by atoms with Gasteiger partial charge in [0, 0.05) is 30.0 Å². The molecule has 0 aliphatic carbocycles. The minimum Gasteiger partial charge on any atom is -0.454 e. The number of aryl methyl sites for hydroxylation is 3. The number of hydrogen-bond acceptors (Lipinski definition) is 5. The molecule has 34 heavy (non-hydrogen) atoms. The number of rotatable bonds is 7. The van der Waals surface area contributed by atoms with Crippen LogP contribution in [0, 0.1) is 20.8 Å². The number of Topliss-reactive ketones (excluding diaryl/α,β-unsaturated/α-hetero) is 1. The Hall–Kier alpha value is -4.00. The number of nitrogens with zero attached hydrogens (tertiary/aromatic N) is 3. The van der Waals surface area contributed by atoms with E-state index in [1.807, 2.05) is 57.2 Å². The SMILES string of the molecule is CCn1c(=O)c(C)nc2cc(C(=O)OCC(=O)c3cc(C)n(Cc4ccccc4)c3C)ccc21. The molecule has 0 spiro atoms. The Bertz CT molecular complexity index is 1450. The van der Waals surface area contributed by atoms with Crippen molar-refractivity contribution in [1.82, 2.24) is 14.1 Å². The molecule has 0 bridgehead atoms. The highest BCUT2D eigenvalue weighted by atomic mass is 16.5. The van der Waals surface area contributed by atoms with E-state index < -0.39 is 5.97 Å². The molecule has 0 saturated carbocycles. The fourth-order valence-electron chi connectivity index (χ4n) is 4.20. The van der Waals surface area contributed by atoms with Crippen LogP contribution in [-0.4, -0.2) is 32.5 Å². The Morgan fingerprint density at radius 1 is 0.971 bits per heavy atom. The minimum atomic E-state index is -0.609. The molecule has 0 N–H and O–H groups in total. The second-order valence-corrected chi connectivity index (χ2v) is 8.31. The van der Waals surface area contributed by atoms with E-state index in [9.17, 15) is 14.4 Å². The maximum Gasteiger partial charge on any atom is 0.338 e. The predicted octanol–water partition coefficient (Wildman–Crippen LogP) is 4.23. The van der Waals surface area contributed by atoms with Gasteiger partial charge in [0.15, 0.2) is 6.61 Å². The maximum atomic E-state index is 12.9. The van der Waals surface area contributed by atoms with Crippen LogP contribution in [0.2, 0.25) is 0 Å². The molecule has 4 rings (SSSR count). The van der Waals surface area contributed by atoms with Crippen molar-refractivity contribution in [3.63, 3.8) is 0 Å². The third-order valence-electron chi connectivity index (χ3n) is 6.05. The summed E-state index contributed by atoms with van der Waals surface area (Å²) in [6.45, 7) is 8.19. The van der Waals surface area contributed by atoms with Gasteiger partial charge in [0.05, 0.1) is 16.6 Å². The molecule has 174 valence electrons. The smallest absolute Gasteiger partial charge is 0.338 e. The van der Waals surface area contributed by atoms with Crippen molar-refractivity contribution >= 4 is 22.8 Å². The van der Waals surface area contributed by atoms with Crippen molar-refractivity contribution in [1.29, 1.82) is 0 Å². The van der Waals surface area contributed by atoms with Gasteiger partial charge in [0.25, 0.3) is 5.56 Å². The summed E-state index contributed by atoms with van der Waals surface area (Å²) in [5.74, 6) is -0.864. The van der Waals surface area contributed by atoms with E-state index in [0.29, 0.717) is 35.4 Å². The number of hydrogen-bond donors (Lipinski definition) is 0. The van der Waals surface area contributed by atoms with Gasteiger partial charge in [-0.3, -0.25) is 9.59 Å². The van der Waals surface area contributed by atoms with E-state index in [4.69, 9.17) is 4.74 Å². The van der Waals surface area contributed by atoms with Gasteiger partial charge >= 0.3 is 5.97 Å². The second-order valence-electron chi connectivity index (χ2n) is 8.31. The van der Waals surface area contributed by atoms with Crippen LogP contribution in [0.1, 0.15) is 50.3 Å². The van der Waals surface area contributed by atoms with Crippen molar-refractivity contribution in [2.45, 2.75) is 40.8 Å². The van der Waals surface area contributed by atoms with Crippen molar-refractivity contribution < 1.29 is 14.3 Å². The molecule has 0 fully saturated rings. The number of esters is 1. The fraction of sp³-hybridized carbons (Fsp3) is 0.259. The fourth-order valence-corrected chi connectivity index (χ4v) is 4.20. The monoisotopic (exact) mass is 457 g/mol. The molecule has 7 nitrogen and oxygen atoms in total. The molecule has 0 unspecified atom stereocenters. The molecule has 0 aliphatic heterocycles. The Morgan fingerprint density at radius 3 is 2.41 bits per heavy atom. The first-order valence-corrected chi connectivity index (χ1v) is 11.2. The zero-order chi connectivity index (χ0) is 24.4. The van der Waals surface area contributed by atoms with Crippen molar-refractivity contribution in [3.05, 3.63) is 98.7 Å². The molecule has 7 heteroatoms. The van der Waals surface area contributed by atoms with Crippen molar-refractivity contribution in [2.75, 3.05) is 6.61 Å². The zero-order valence-electron chi connectivity index (χ0n) is 19.8. The van der Waals surface area contributed by atoms with Crippen LogP contribution in [0.4, 0.5) is 0 Å². The molecule has 0 radical (unpaired) electrons. The van der Waals surface area contributed by atoms with Gasteiger partial charge in [-0.05, 0) is 57.5 Å². The summed E-state index contributed by atoms with van der Waals surface area (Å²) in [6, 6.07) is 16.7. The van der Waals surface area contributed by atoms with E-state index in [1.54, 1.807) is 29.7 Å². The van der Waals surface area contributed by atoms with Crippen molar-refractivity contribution in [3.8, 4) is 0 Å². The summed E-state index contributed by atoms with van der Waals surface area (Å²) >= 11 is 0. The summed E-state index contributed by atoms with van der Waals surface area (Å²) in [6.07, 6.45) is 0. The number of ketones is 1. The topological polar surface area (TPSA) is 83.2 Å².